The molecule has 0 aliphatic heterocycles. The molecule has 3 nitrogen and oxygen atoms in total. The molecular weight excluding hydrogens is 282 g/mol. The van der Waals surface area contributed by atoms with Crippen molar-refractivity contribution in [3.63, 3.8) is 0 Å². The fourth-order valence-electron chi connectivity index (χ4n) is 2.79. The predicted molar refractivity (Wildman–Crippen MR) is 88.2 cm³/mol. The number of benzene rings is 1. The number of thioether (sulfide) groups is 1. The monoisotopic (exact) mass is 307 g/mol. The van der Waals surface area contributed by atoms with E-state index < -0.39 is 0 Å². The lowest BCUT2D eigenvalue weighted by Gasteiger charge is -2.26. The normalized spacial score (nSPS) is 17.4. The standard InChI is InChI=1S/C17H25NO2S/c19-16(15-9-5-2-6-10-15)11-18-17(20)13-21-12-14-7-3-1-4-8-14/h1,3-4,7-8,15-16,19H,2,5-6,9-13H2,(H,18,20). The summed E-state index contributed by atoms with van der Waals surface area (Å²) in [4.78, 5) is 11.8. The van der Waals surface area contributed by atoms with E-state index in [4.69, 9.17) is 0 Å². The maximum absolute atomic E-state index is 11.8. The number of aliphatic hydroxyl groups is 1. The van der Waals surface area contributed by atoms with Crippen molar-refractivity contribution in [3.05, 3.63) is 35.9 Å². The van der Waals surface area contributed by atoms with Crippen LogP contribution in [0.1, 0.15) is 37.7 Å². The van der Waals surface area contributed by atoms with Crippen molar-refractivity contribution in [1.29, 1.82) is 0 Å². The Morgan fingerprint density at radius 3 is 2.67 bits per heavy atom. The van der Waals surface area contributed by atoms with Gasteiger partial charge < -0.3 is 10.4 Å². The molecule has 2 N–H and O–H groups in total. The van der Waals surface area contributed by atoms with E-state index in [1.807, 2.05) is 18.2 Å². The van der Waals surface area contributed by atoms with E-state index in [2.05, 4.69) is 17.4 Å². The van der Waals surface area contributed by atoms with Gasteiger partial charge in [0.2, 0.25) is 5.91 Å². The van der Waals surface area contributed by atoms with E-state index in [1.54, 1.807) is 11.8 Å². The first-order valence-corrected chi connectivity index (χ1v) is 8.97. The minimum absolute atomic E-state index is 0.0193. The Labute approximate surface area is 131 Å². The number of hydrogen-bond donors (Lipinski definition) is 2. The highest BCUT2D eigenvalue weighted by Crippen LogP contribution is 2.26. The van der Waals surface area contributed by atoms with Crippen molar-refractivity contribution in [1.82, 2.24) is 5.32 Å². The second-order valence-electron chi connectivity index (χ2n) is 5.75. The zero-order valence-electron chi connectivity index (χ0n) is 12.5. The first kappa shape index (κ1) is 16.4. The Bertz CT molecular complexity index is 418. The van der Waals surface area contributed by atoms with Gasteiger partial charge in [0.15, 0.2) is 0 Å². The average Bonchev–Trinajstić information content (AvgIpc) is 2.54. The van der Waals surface area contributed by atoms with E-state index in [1.165, 1.54) is 24.8 Å². The molecule has 0 radical (unpaired) electrons. The van der Waals surface area contributed by atoms with Gasteiger partial charge in [-0.15, -0.1) is 11.8 Å². The summed E-state index contributed by atoms with van der Waals surface area (Å²) in [5, 5.41) is 13.0. The Morgan fingerprint density at radius 1 is 1.24 bits per heavy atom. The lowest BCUT2D eigenvalue weighted by atomic mass is 9.85. The maximum atomic E-state index is 11.8. The summed E-state index contributed by atoms with van der Waals surface area (Å²) < 4.78 is 0. The van der Waals surface area contributed by atoms with Crippen LogP contribution in [0.2, 0.25) is 0 Å². The van der Waals surface area contributed by atoms with E-state index in [-0.39, 0.29) is 12.0 Å². The first-order chi connectivity index (χ1) is 10.3. The van der Waals surface area contributed by atoms with Gasteiger partial charge in [-0.1, -0.05) is 49.6 Å². The van der Waals surface area contributed by atoms with Crippen molar-refractivity contribution in [2.75, 3.05) is 12.3 Å². The summed E-state index contributed by atoms with van der Waals surface area (Å²) in [5.74, 6) is 1.69. The lowest BCUT2D eigenvalue weighted by molar-refractivity contribution is -0.119. The van der Waals surface area contributed by atoms with Crippen LogP contribution in [0.15, 0.2) is 30.3 Å². The van der Waals surface area contributed by atoms with Crippen molar-refractivity contribution in [2.24, 2.45) is 5.92 Å². The van der Waals surface area contributed by atoms with Crippen LogP contribution in [0.4, 0.5) is 0 Å². The molecule has 1 unspecified atom stereocenters. The number of rotatable bonds is 7. The molecule has 2 rings (SSSR count). The molecular formula is C17H25NO2S. The molecule has 21 heavy (non-hydrogen) atoms. The quantitative estimate of drug-likeness (QED) is 0.814. The number of carbonyl (C=O) groups is 1. The SMILES string of the molecule is O=C(CSCc1ccccc1)NCC(O)C1CCCCC1. The molecule has 4 heteroatoms. The third-order valence-corrected chi connectivity index (χ3v) is 5.05. The highest BCUT2D eigenvalue weighted by atomic mass is 32.2. The molecule has 1 aromatic rings. The van der Waals surface area contributed by atoms with Gasteiger partial charge in [-0.2, -0.15) is 0 Å². The third-order valence-electron chi connectivity index (χ3n) is 4.05. The molecule has 0 aromatic heterocycles. The Hall–Kier alpha value is -1.00. The van der Waals surface area contributed by atoms with Gasteiger partial charge in [-0.05, 0) is 24.3 Å². The molecule has 1 aromatic carbocycles. The van der Waals surface area contributed by atoms with Gasteiger partial charge in [0.25, 0.3) is 0 Å². The Balaban J connectivity index is 1.58. The lowest BCUT2D eigenvalue weighted by Crippen LogP contribution is -2.37. The molecule has 0 spiro atoms. The summed E-state index contributed by atoms with van der Waals surface area (Å²) in [6.45, 7) is 0.398. The van der Waals surface area contributed by atoms with Gasteiger partial charge in [0, 0.05) is 12.3 Å². The molecule has 1 atom stereocenters. The number of amides is 1. The second-order valence-corrected chi connectivity index (χ2v) is 6.73. The van der Waals surface area contributed by atoms with Gasteiger partial charge >= 0.3 is 0 Å². The number of aliphatic hydroxyl groups excluding tert-OH is 1. The van der Waals surface area contributed by atoms with E-state index in [0.717, 1.165) is 18.6 Å². The Morgan fingerprint density at radius 2 is 1.95 bits per heavy atom. The second kappa shape index (κ2) is 9.11. The van der Waals surface area contributed by atoms with Crippen LogP contribution < -0.4 is 5.32 Å². The van der Waals surface area contributed by atoms with Gasteiger partial charge in [-0.25, -0.2) is 0 Å². The van der Waals surface area contributed by atoms with Gasteiger partial charge in [-0.3, -0.25) is 4.79 Å². The molecule has 0 heterocycles. The molecule has 116 valence electrons. The van der Waals surface area contributed by atoms with Crippen molar-refractivity contribution >= 4 is 17.7 Å². The number of carbonyl (C=O) groups excluding carboxylic acids is 1. The molecule has 0 bridgehead atoms. The summed E-state index contributed by atoms with van der Waals surface area (Å²) >= 11 is 1.61. The van der Waals surface area contributed by atoms with Crippen molar-refractivity contribution in [3.8, 4) is 0 Å². The Kier molecular flexibility index (Phi) is 7.10. The van der Waals surface area contributed by atoms with Crippen molar-refractivity contribution in [2.45, 2.75) is 44.0 Å². The van der Waals surface area contributed by atoms with Crippen LogP contribution in [-0.4, -0.2) is 29.4 Å². The van der Waals surface area contributed by atoms with Gasteiger partial charge in [0.05, 0.1) is 11.9 Å². The van der Waals surface area contributed by atoms with Crippen LogP contribution >= 0.6 is 11.8 Å². The molecule has 1 aliphatic carbocycles. The van der Waals surface area contributed by atoms with E-state index in [0.29, 0.717) is 18.2 Å². The fraction of sp³-hybridized carbons (Fsp3) is 0.588. The zero-order valence-corrected chi connectivity index (χ0v) is 13.3. The smallest absolute Gasteiger partial charge is 0.230 e. The van der Waals surface area contributed by atoms with Crippen LogP contribution in [0.25, 0.3) is 0 Å². The van der Waals surface area contributed by atoms with Gasteiger partial charge in [0.1, 0.15) is 0 Å². The minimum atomic E-state index is -0.381. The first-order valence-electron chi connectivity index (χ1n) is 7.82. The summed E-state index contributed by atoms with van der Waals surface area (Å²) in [6, 6.07) is 10.1. The molecule has 1 saturated carbocycles. The van der Waals surface area contributed by atoms with Crippen LogP contribution in [0.5, 0.6) is 0 Å². The molecule has 1 amide bonds. The summed E-state index contributed by atoms with van der Waals surface area (Å²) in [5.41, 5.74) is 1.23. The summed E-state index contributed by atoms with van der Waals surface area (Å²) in [7, 11) is 0. The highest BCUT2D eigenvalue weighted by molar-refractivity contribution is 7.99. The van der Waals surface area contributed by atoms with Crippen LogP contribution in [0.3, 0.4) is 0 Å². The average molecular weight is 307 g/mol. The summed E-state index contributed by atoms with van der Waals surface area (Å²) in [6.07, 6.45) is 5.52. The minimum Gasteiger partial charge on any atom is -0.391 e. The van der Waals surface area contributed by atoms with E-state index in [9.17, 15) is 9.90 Å². The maximum Gasteiger partial charge on any atom is 0.230 e. The van der Waals surface area contributed by atoms with E-state index >= 15 is 0 Å². The largest absolute Gasteiger partial charge is 0.391 e. The third kappa shape index (κ3) is 6.10. The number of hydrogen-bond acceptors (Lipinski definition) is 3. The molecule has 1 fully saturated rings. The number of nitrogens with one attached hydrogen (secondary N) is 1. The zero-order chi connectivity index (χ0) is 14.9. The van der Waals surface area contributed by atoms with Crippen LogP contribution in [-0.2, 0) is 10.5 Å². The fourth-order valence-corrected chi connectivity index (χ4v) is 3.61. The van der Waals surface area contributed by atoms with Crippen LogP contribution in [0, 0.1) is 5.92 Å². The molecule has 0 saturated heterocycles. The predicted octanol–water partition coefficient (Wildman–Crippen LogP) is 2.98. The highest BCUT2D eigenvalue weighted by Gasteiger charge is 2.21. The van der Waals surface area contributed by atoms with Crippen molar-refractivity contribution < 1.29 is 9.90 Å². The molecule has 1 aliphatic rings. The topological polar surface area (TPSA) is 49.3 Å².